The standard InChI is InChI=1S/C31H28F5N5O2/c32-19-8-16(9-20(33)13-19)11-25(27-21(2-1-5-38-27)17-3-4-24(34)22(12-17)31(37)43)39-26(42)14-41-29-18-6-15(7-18)10-23(29)28(40-41)30(35)36/h1-5,8-9,12-13,15,18,25,30-31,43H,6-7,10-11,14,37H2,(H,39,42). The van der Waals surface area contributed by atoms with Gasteiger partial charge in [0.25, 0.3) is 6.43 Å². The highest BCUT2D eigenvalue weighted by Gasteiger charge is 2.43. The zero-order valence-corrected chi connectivity index (χ0v) is 22.8. The number of nitrogens with one attached hydrogen (secondary N) is 1. The maximum absolute atomic E-state index is 14.3. The second-order valence-corrected chi connectivity index (χ2v) is 11.2. The number of amides is 1. The number of nitrogens with two attached hydrogens (primary N) is 1. The summed E-state index contributed by atoms with van der Waals surface area (Å²) in [6, 6.07) is 9.29. The van der Waals surface area contributed by atoms with Crippen molar-refractivity contribution in [1.82, 2.24) is 20.1 Å². The van der Waals surface area contributed by atoms with Gasteiger partial charge in [-0.15, -0.1) is 0 Å². The highest BCUT2D eigenvalue weighted by atomic mass is 19.3. The average Bonchev–Trinajstić information content (AvgIpc) is 3.31. The number of rotatable bonds is 9. The first-order valence-electron chi connectivity index (χ1n) is 13.9. The number of hydrogen-bond acceptors (Lipinski definition) is 5. The first-order chi connectivity index (χ1) is 20.6. The van der Waals surface area contributed by atoms with Gasteiger partial charge in [0.2, 0.25) is 5.91 Å². The summed E-state index contributed by atoms with van der Waals surface area (Å²) in [5.41, 5.74) is 7.65. The van der Waals surface area contributed by atoms with Gasteiger partial charge in [0.05, 0.1) is 11.7 Å². The summed E-state index contributed by atoms with van der Waals surface area (Å²) in [7, 11) is 0. The highest BCUT2D eigenvalue weighted by molar-refractivity contribution is 5.77. The number of nitrogens with zero attached hydrogens (tertiary/aromatic N) is 3. The molecule has 7 nitrogen and oxygen atoms in total. The molecule has 43 heavy (non-hydrogen) atoms. The largest absolute Gasteiger partial charge is 0.374 e. The minimum Gasteiger partial charge on any atom is -0.374 e. The average molecular weight is 598 g/mol. The lowest BCUT2D eigenvalue weighted by atomic mass is 9.64. The van der Waals surface area contributed by atoms with Crippen molar-refractivity contribution in [2.24, 2.45) is 11.7 Å². The van der Waals surface area contributed by atoms with Gasteiger partial charge in [0, 0.05) is 40.6 Å². The Morgan fingerprint density at radius 3 is 2.51 bits per heavy atom. The van der Waals surface area contributed by atoms with Crippen LogP contribution in [-0.4, -0.2) is 25.8 Å². The fourth-order valence-corrected chi connectivity index (χ4v) is 6.34. The third-order valence-corrected chi connectivity index (χ3v) is 8.23. The van der Waals surface area contributed by atoms with E-state index in [9.17, 15) is 31.9 Å². The quantitative estimate of drug-likeness (QED) is 0.177. The number of alkyl halides is 2. The summed E-state index contributed by atoms with van der Waals surface area (Å²) in [4.78, 5) is 18.0. The molecule has 0 spiro atoms. The van der Waals surface area contributed by atoms with Crippen molar-refractivity contribution in [1.29, 1.82) is 0 Å². The third-order valence-electron chi connectivity index (χ3n) is 8.23. The second-order valence-electron chi connectivity index (χ2n) is 11.2. The summed E-state index contributed by atoms with van der Waals surface area (Å²) < 4.78 is 71.5. The summed E-state index contributed by atoms with van der Waals surface area (Å²) in [6.07, 6.45) is -0.726. The predicted octanol–water partition coefficient (Wildman–Crippen LogP) is 5.40. The number of hydrogen-bond donors (Lipinski definition) is 3. The fourth-order valence-electron chi connectivity index (χ4n) is 6.34. The molecule has 4 N–H and O–H groups in total. The Labute approximate surface area is 243 Å². The van der Waals surface area contributed by atoms with Crippen LogP contribution in [0.1, 0.15) is 71.2 Å². The van der Waals surface area contributed by atoms with E-state index in [0.29, 0.717) is 40.4 Å². The summed E-state index contributed by atoms with van der Waals surface area (Å²) in [5.74, 6) is -2.46. The molecule has 0 radical (unpaired) electrons. The molecule has 0 saturated heterocycles. The molecule has 1 amide bonds. The Morgan fingerprint density at radius 2 is 1.81 bits per heavy atom. The summed E-state index contributed by atoms with van der Waals surface area (Å²) in [6.45, 7) is -0.341. The van der Waals surface area contributed by atoms with Crippen LogP contribution < -0.4 is 11.1 Å². The molecule has 224 valence electrons. The van der Waals surface area contributed by atoms with Crippen molar-refractivity contribution < 1.29 is 31.9 Å². The van der Waals surface area contributed by atoms with Crippen LogP contribution in [0.3, 0.4) is 0 Å². The van der Waals surface area contributed by atoms with E-state index in [0.717, 1.165) is 37.1 Å². The monoisotopic (exact) mass is 597 g/mol. The second kappa shape index (κ2) is 11.5. The fraction of sp³-hybridized carbons (Fsp3) is 0.323. The van der Waals surface area contributed by atoms with Crippen LogP contribution in [0, 0.1) is 23.4 Å². The van der Waals surface area contributed by atoms with E-state index in [1.807, 2.05) is 0 Å². The number of carbonyl (C=O) groups is 1. The summed E-state index contributed by atoms with van der Waals surface area (Å²) in [5, 5.41) is 16.8. The van der Waals surface area contributed by atoms with Crippen LogP contribution in [-0.2, 0) is 24.2 Å². The Hall–Kier alpha value is -4.16. The van der Waals surface area contributed by atoms with E-state index in [1.54, 1.807) is 12.1 Å². The number of halogens is 5. The molecule has 2 heterocycles. The van der Waals surface area contributed by atoms with Gasteiger partial charge in [-0.05, 0) is 73.1 Å². The Kier molecular flexibility index (Phi) is 7.74. The smallest absolute Gasteiger partial charge is 0.282 e. The lowest BCUT2D eigenvalue weighted by Gasteiger charge is -2.41. The van der Waals surface area contributed by atoms with Gasteiger partial charge in [-0.2, -0.15) is 5.10 Å². The van der Waals surface area contributed by atoms with Gasteiger partial charge < -0.3 is 16.2 Å². The number of benzene rings is 2. The minimum absolute atomic E-state index is 0.0700. The van der Waals surface area contributed by atoms with E-state index < -0.39 is 42.1 Å². The molecule has 2 bridgehead atoms. The molecular weight excluding hydrogens is 569 g/mol. The number of aromatic nitrogens is 3. The van der Waals surface area contributed by atoms with Crippen LogP contribution in [0.2, 0.25) is 0 Å². The van der Waals surface area contributed by atoms with Gasteiger partial charge in [-0.1, -0.05) is 12.1 Å². The van der Waals surface area contributed by atoms with Crippen molar-refractivity contribution in [3.63, 3.8) is 0 Å². The van der Waals surface area contributed by atoms with Crippen LogP contribution in [0.5, 0.6) is 0 Å². The normalized spacial score (nSPS) is 18.6. The molecule has 2 aromatic carbocycles. The van der Waals surface area contributed by atoms with Gasteiger partial charge in [-0.3, -0.25) is 14.5 Å². The molecule has 2 aromatic heterocycles. The van der Waals surface area contributed by atoms with E-state index in [4.69, 9.17) is 5.73 Å². The van der Waals surface area contributed by atoms with Crippen molar-refractivity contribution in [3.8, 4) is 11.1 Å². The minimum atomic E-state index is -2.77. The molecule has 2 unspecified atom stereocenters. The molecular formula is C31H28F5N5O2. The SMILES string of the molecule is NC(O)c1cc(-c2cccnc2C(Cc2cc(F)cc(F)c2)NC(=O)Cn2nc(C(F)F)c3c2C2CC(C3)C2)ccc1F. The van der Waals surface area contributed by atoms with Crippen molar-refractivity contribution >= 4 is 5.91 Å². The Morgan fingerprint density at radius 1 is 1.07 bits per heavy atom. The molecule has 3 aliphatic rings. The molecule has 0 aliphatic heterocycles. The third kappa shape index (κ3) is 5.76. The molecule has 1 saturated carbocycles. The first kappa shape index (κ1) is 28.9. The molecule has 4 aromatic rings. The van der Waals surface area contributed by atoms with Gasteiger partial charge in [0.15, 0.2) is 0 Å². The topological polar surface area (TPSA) is 106 Å². The van der Waals surface area contributed by atoms with Crippen LogP contribution in [0.15, 0.2) is 54.7 Å². The van der Waals surface area contributed by atoms with E-state index in [2.05, 4.69) is 15.4 Å². The van der Waals surface area contributed by atoms with Gasteiger partial charge >= 0.3 is 0 Å². The van der Waals surface area contributed by atoms with E-state index in [1.165, 1.54) is 23.0 Å². The Bertz CT molecular complexity index is 1670. The van der Waals surface area contributed by atoms with Crippen molar-refractivity contribution in [2.45, 2.75) is 56.8 Å². The van der Waals surface area contributed by atoms with Crippen LogP contribution in [0.4, 0.5) is 22.0 Å². The molecule has 7 rings (SSSR count). The van der Waals surface area contributed by atoms with Crippen molar-refractivity contribution in [2.75, 3.05) is 0 Å². The summed E-state index contributed by atoms with van der Waals surface area (Å²) >= 11 is 0. The lowest BCUT2D eigenvalue weighted by Crippen LogP contribution is -2.36. The number of pyridine rings is 1. The van der Waals surface area contributed by atoms with Crippen LogP contribution in [0.25, 0.3) is 11.1 Å². The first-order valence-corrected chi connectivity index (χ1v) is 13.9. The maximum Gasteiger partial charge on any atom is 0.282 e. The molecule has 12 heteroatoms. The molecule has 3 aliphatic carbocycles. The zero-order valence-electron chi connectivity index (χ0n) is 22.8. The predicted molar refractivity (Wildman–Crippen MR) is 146 cm³/mol. The zero-order chi connectivity index (χ0) is 30.4. The number of aliphatic hydroxyl groups excluding tert-OH is 1. The lowest BCUT2D eigenvalue weighted by molar-refractivity contribution is -0.122. The number of carbonyl (C=O) groups excluding carboxylic acids is 1. The van der Waals surface area contributed by atoms with E-state index in [-0.39, 0.29) is 35.7 Å². The highest BCUT2D eigenvalue weighted by Crippen LogP contribution is 2.51. The van der Waals surface area contributed by atoms with Gasteiger partial charge in [0.1, 0.15) is 35.9 Å². The number of aliphatic hydroxyl groups is 1. The maximum atomic E-state index is 14.3. The van der Waals surface area contributed by atoms with E-state index >= 15 is 0 Å². The van der Waals surface area contributed by atoms with Crippen LogP contribution >= 0.6 is 0 Å². The van der Waals surface area contributed by atoms with Crippen molar-refractivity contribution in [3.05, 3.63) is 106 Å². The Balaban J connectivity index is 1.36. The van der Waals surface area contributed by atoms with Gasteiger partial charge in [-0.25, -0.2) is 22.0 Å². The molecule has 1 fully saturated rings. The molecule has 2 atom stereocenters.